The van der Waals surface area contributed by atoms with E-state index in [0.717, 1.165) is 10.8 Å². The van der Waals surface area contributed by atoms with E-state index in [-0.39, 0.29) is 0 Å². The predicted molar refractivity (Wildman–Crippen MR) is 330 cm³/mol. The first-order valence-electron chi connectivity index (χ1n) is 30.7. The Bertz CT molecular complexity index is 2560. The summed E-state index contributed by atoms with van der Waals surface area (Å²) < 4.78 is 33.7. The van der Waals surface area contributed by atoms with Crippen molar-refractivity contribution >= 4 is 87.7 Å². The normalized spacial score (nSPS) is 26.4. The number of benzene rings is 1. The van der Waals surface area contributed by atoms with Gasteiger partial charge in [0.2, 0.25) is 0 Å². The van der Waals surface area contributed by atoms with Crippen LogP contribution in [0.2, 0.25) is 0 Å². The van der Waals surface area contributed by atoms with Crippen molar-refractivity contribution in [1.82, 2.24) is 36.8 Å². The van der Waals surface area contributed by atoms with E-state index >= 15 is 0 Å². The minimum Gasteiger partial charge on any atom is -0.453 e. The Labute approximate surface area is 528 Å². The van der Waals surface area contributed by atoms with Crippen molar-refractivity contribution in [2.45, 2.75) is 219 Å². The second kappa shape index (κ2) is 36.1. The first-order chi connectivity index (χ1) is 41.8. The highest BCUT2D eigenvalue weighted by Crippen LogP contribution is 2.25. The molecule has 90 heavy (non-hydrogen) atoms. The van der Waals surface area contributed by atoms with Gasteiger partial charge >= 0.3 is 35.8 Å². The highest BCUT2D eigenvalue weighted by Gasteiger charge is 2.42. The zero-order valence-electron chi connectivity index (χ0n) is 56.0. The molecule has 0 saturated carbocycles. The smallest absolute Gasteiger partial charge is 0.329 e. The molecule has 12 atom stereocenters. The number of hydrazine groups is 1. The number of carbonyl (C=O) groups excluding carboxylic acids is 12. The number of nitrogens with one attached hydrogen (secondary N) is 6. The number of ketones is 1. The van der Waals surface area contributed by atoms with Gasteiger partial charge in [-0.2, -0.15) is 5.10 Å². The lowest BCUT2D eigenvalue weighted by atomic mass is 9.87. The molecule has 0 aliphatic carbocycles. The molecule has 3 rings (SSSR count). The lowest BCUT2D eigenvalue weighted by Crippen LogP contribution is -2.55. The summed E-state index contributed by atoms with van der Waals surface area (Å²) in [5, 5.41) is 22.3. The summed E-state index contributed by atoms with van der Waals surface area (Å²) in [6, 6.07) is 0.868. The number of carbonyl (C=O) groups is 12. The quantitative estimate of drug-likeness (QED) is 0.0752. The number of hydrogen-bond donors (Lipinski definition) is 7. The molecule has 8 N–H and O–H groups in total. The number of fused-ring (bicyclic) bond motifs is 1. The van der Waals surface area contributed by atoms with Gasteiger partial charge in [-0.15, -0.1) is 5.10 Å². The Hall–Kier alpha value is -7.84. The van der Waals surface area contributed by atoms with Crippen LogP contribution in [-0.2, 0) is 86.0 Å². The topological polar surface area (TPSA) is 384 Å². The molecule has 2 heterocycles. The van der Waals surface area contributed by atoms with E-state index in [0.29, 0.717) is 5.82 Å². The van der Waals surface area contributed by atoms with Crippen molar-refractivity contribution in [2.75, 3.05) is 5.43 Å². The number of ether oxygens (including phenoxy) is 6. The molecular weight excluding hydrogens is 1170 g/mol. The molecule has 2 aromatic rings. The van der Waals surface area contributed by atoms with Gasteiger partial charge in [0.15, 0.2) is 48.2 Å². The average molecular weight is 1270 g/mol. The van der Waals surface area contributed by atoms with Gasteiger partial charge in [-0.1, -0.05) is 149 Å². The molecule has 0 radical (unpaired) electrons. The Morgan fingerprint density at radius 2 is 0.700 bits per heavy atom. The number of nitrogens with two attached hydrogens (primary N) is 1. The van der Waals surface area contributed by atoms with E-state index in [1.165, 1.54) is 20.8 Å². The molecule has 1 unspecified atom stereocenters. The molecule has 1 aromatic carbocycles. The number of nitrogens with zero attached hydrogens (tertiary/aromatic N) is 2. The van der Waals surface area contributed by atoms with E-state index in [1.54, 1.807) is 131 Å². The van der Waals surface area contributed by atoms with Gasteiger partial charge in [-0.25, -0.2) is 29.8 Å². The third kappa shape index (κ3) is 23.2. The third-order valence-electron chi connectivity index (χ3n) is 14.7. The van der Waals surface area contributed by atoms with E-state index in [9.17, 15) is 57.5 Å². The molecule has 5 amide bonds. The van der Waals surface area contributed by atoms with E-state index in [1.807, 2.05) is 24.3 Å². The van der Waals surface area contributed by atoms with Crippen molar-refractivity contribution in [3.05, 3.63) is 30.5 Å². The summed E-state index contributed by atoms with van der Waals surface area (Å²) in [5.74, 6) is -12.4. The highest BCUT2D eigenvalue weighted by atomic mass is 16.6. The Morgan fingerprint density at radius 1 is 0.400 bits per heavy atom. The van der Waals surface area contributed by atoms with Crippen molar-refractivity contribution in [2.24, 2.45) is 65.0 Å². The summed E-state index contributed by atoms with van der Waals surface area (Å²) in [6.45, 7) is 32.5. The van der Waals surface area contributed by atoms with Crippen LogP contribution in [0.4, 0.5) is 5.82 Å². The molecule has 27 nitrogen and oxygen atoms in total. The van der Waals surface area contributed by atoms with Crippen LogP contribution in [0.3, 0.4) is 0 Å². The van der Waals surface area contributed by atoms with Gasteiger partial charge < -0.3 is 60.4 Å². The maximum Gasteiger partial charge on any atom is 0.329 e. The van der Waals surface area contributed by atoms with Gasteiger partial charge in [0, 0.05) is 17.2 Å². The van der Waals surface area contributed by atoms with Gasteiger partial charge in [0.05, 0.1) is 12.1 Å². The molecule has 1 fully saturated rings. The van der Waals surface area contributed by atoms with E-state index in [2.05, 4.69) is 42.2 Å². The zero-order chi connectivity index (χ0) is 68.9. The van der Waals surface area contributed by atoms with Gasteiger partial charge in [0.1, 0.15) is 30.2 Å². The van der Waals surface area contributed by atoms with Crippen LogP contribution >= 0.6 is 0 Å². The molecular formula is C63H99N9O18. The molecule has 1 aliphatic rings. The standard InChI is InChI=1S/C55H91N5O18.C8H8N4/c1-23(2)35-22-36(61)42(29(13)14)76-53(70)39(26(7)8)56-46(63)33(20)74-51(68)37(24(3)4)59-49(66)44(31(17)18)78-55(72)41(28(11)12)58-47(64)34(21)75-52(69)38(25(5)6)60-48(65)43(30(15)16)77-54(71)40(27(9)10)57-45(62)32(19)73-50(35)67;9-11-8-7-4-2-1-3-6(7)5-10-12-8/h23-35,37-44H,22H2,1-21H3,(H,56,63)(H,57,62)(H,58,64)(H,59,66)(H,60,65);1-5H,9H2,(H,11,12)/t32-,33-,34-,35?,37+,38+,39-,40-,41-,42+,43+,44+;/m0./s1. The fourth-order valence-electron chi connectivity index (χ4n) is 8.90. The zero-order valence-corrected chi connectivity index (χ0v) is 56.0. The minimum absolute atomic E-state index is 0.484. The lowest BCUT2D eigenvalue weighted by Gasteiger charge is -2.30. The summed E-state index contributed by atoms with van der Waals surface area (Å²) in [4.78, 5) is 165. The molecule has 1 aromatic heterocycles. The molecule has 0 bridgehead atoms. The van der Waals surface area contributed by atoms with Gasteiger partial charge in [-0.3, -0.25) is 33.6 Å². The van der Waals surface area contributed by atoms with Gasteiger partial charge in [0.25, 0.3) is 29.5 Å². The summed E-state index contributed by atoms with van der Waals surface area (Å²) >= 11 is 0. The Morgan fingerprint density at radius 3 is 1.01 bits per heavy atom. The molecule has 0 spiro atoms. The number of rotatable bonds is 10. The fourth-order valence-corrected chi connectivity index (χ4v) is 8.90. The Kier molecular flexibility index (Phi) is 31.4. The highest BCUT2D eigenvalue weighted by molar-refractivity contribution is 5.96. The van der Waals surface area contributed by atoms with Crippen LogP contribution < -0.4 is 37.9 Å². The van der Waals surface area contributed by atoms with Crippen LogP contribution in [0.25, 0.3) is 10.8 Å². The van der Waals surface area contributed by atoms with Crippen molar-refractivity contribution < 1.29 is 86.0 Å². The predicted octanol–water partition coefficient (Wildman–Crippen LogP) is 4.35. The first-order valence-corrected chi connectivity index (χ1v) is 30.7. The lowest BCUT2D eigenvalue weighted by molar-refractivity contribution is -0.167. The second-order valence-corrected chi connectivity index (χ2v) is 25.6. The molecule has 1 aliphatic heterocycles. The van der Waals surface area contributed by atoms with Crippen LogP contribution in [-0.4, -0.2) is 148 Å². The van der Waals surface area contributed by atoms with Crippen LogP contribution in [0.5, 0.6) is 0 Å². The van der Waals surface area contributed by atoms with Crippen LogP contribution in [0.1, 0.15) is 152 Å². The summed E-state index contributed by atoms with van der Waals surface area (Å²) in [7, 11) is 0. The first kappa shape index (κ1) is 78.3. The van der Waals surface area contributed by atoms with E-state index < -0.39 is 204 Å². The van der Waals surface area contributed by atoms with Crippen molar-refractivity contribution in [3.8, 4) is 0 Å². The van der Waals surface area contributed by atoms with Crippen molar-refractivity contribution in [1.29, 1.82) is 0 Å². The number of Topliss-reactive ketones (excluding diaryl/α,β-unsaturated/α-hetero) is 1. The fraction of sp³-hybridized carbons (Fsp3) is 0.683. The number of cyclic esters (lactones) is 6. The van der Waals surface area contributed by atoms with Gasteiger partial charge in [-0.05, 0) is 74.0 Å². The third-order valence-corrected chi connectivity index (χ3v) is 14.7. The largest absolute Gasteiger partial charge is 0.453 e. The maximum absolute atomic E-state index is 14.0. The number of amides is 5. The second-order valence-electron chi connectivity index (χ2n) is 25.6. The molecule has 504 valence electrons. The molecule has 27 heteroatoms. The SMILES string of the molecule is CC(C)C1CC(=O)[C@@H](C(C)C)OC(=O)[C@H](C(C)C)NC(=O)[C@H](C)OC(=O)[C@@H](C(C)C)NC(=O)[C@@H](C(C)C)OC(=O)[C@H](C(C)C)NC(=O)[C@H](C)OC(=O)[C@@H](C(C)C)NC(=O)[C@@H](C(C)C)OC(=O)[C@H](C(C)C)NC(=O)[C@H](C)OC1=O.NNc1nncc2ccccc12. The number of esters is 6. The Balaban J connectivity index is 0.00000202. The maximum atomic E-state index is 14.0. The van der Waals surface area contributed by atoms with Crippen LogP contribution in [0.15, 0.2) is 30.5 Å². The minimum atomic E-state index is -1.55. The van der Waals surface area contributed by atoms with Crippen molar-refractivity contribution in [3.63, 3.8) is 0 Å². The monoisotopic (exact) mass is 1270 g/mol. The summed E-state index contributed by atoms with van der Waals surface area (Å²) in [6.07, 6.45) is -7.85. The van der Waals surface area contributed by atoms with Crippen LogP contribution in [0, 0.1) is 59.2 Å². The molecule has 1 saturated heterocycles. The summed E-state index contributed by atoms with van der Waals surface area (Å²) in [5.41, 5.74) is 2.50. The number of aromatic nitrogens is 2. The number of anilines is 1. The number of hydrogen-bond acceptors (Lipinski definition) is 22. The number of nitrogen functional groups attached to an aromatic ring is 1. The van der Waals surface area contributed by atoms with E-state index in [4.69, 9.17) is 34.3 Å². The average Bonchev–Trinajstić information content (AvgIpc) is 1.81.